The summed E-state index contributed by atoms with van der Waals surface area (Å²) >= 11 is 0. The minimum Gasteiger partial charge on any atom is -0.392 e. The molecule has 3 atom stereocenters. The first-order chi connectivity index (χ1) is 6.39. The van der Waals surface area contributed by atoms with Crippen LogP contribution in [0.4, 0.5) is 0 Å². The van der Waals surface area contributed by atoms with Crippen LogP contribution >= 0.6 is 0 Å². The van der Waals surface area contributed by atoms with E-state index in [9.17, 15) is 9.90 Å². The molecule has 14 heavy (non-hydrogen) atoms. The summed E-state index contributed by atoms with van der Waals surface area (Å²) < 4.78 is 0. The average Bonchev–Trinajstić information content (AvgIpc) is 2.16. The molecule has 4 N–H and O–H groups in total. The lowest BCUT2D eigenvalue weighted by molar-refractivity contribution is -0.130. The average molecular weight is 200 g/mol. The summed E-state index contributed by atoms with van der Waals surface area (Å²) in [6.07, 6.45) is 0.960. The van der Waals surface area contributed by atoms with Crippen molar-refractivity contribution in [2.24, 2.45) is 11.1 Å². The van der Waals surface area contributed by atoms with E-state index in [1.807, 2.05) is 20.8 Å². The normalized spacial score (nSPS) is 31.8. The summed E-state index contributed by atoms with van der Waals surface area (Å²) in [4.78, 5) is 11.5. The number of carbonyl (C=O) groups excluding carboxylic acids is 1. The highest BCUT2D eigenvalue weighted by molar-refractivity contribution is 5.81. The van der Waals surface area contributed by atoms with E-state index in [1.54, 1.807) is 0 Å². The molecule has 0 radical (unpaired) electrons. The fraction of sp³-hybridized carbons (Fsp3) is 0.900. The van der Waals surface area contributed by atoms with Crippen molar-refractivity contribution in [2.45, 2.75) is 51.8 Å². The van der Waals surface area contributed by atoms with Crippen LogP contribution in [0.3, 0.4) is 0 Å². The maximum atomic E-state index is 11.5. The topological polar surface area (TPSA) is 75.4 Å². The van der Waals surface area contributed by atoms with Crippen LogP contribution in [-0.4, -0.2) is 29.2 Å². The molecule has 1 aliphatic carbocycles. The van der Waals surface area contributed by atoms with E-state index in [2.05, 4.69) is 5.32 Å². The Morgan fingerprint density at radius 2 is 2.29 bits per heavy atom. The molecule has 1 rings (SSSR count). The van der Waals surface area contributed by atoms with Gasteiger partial charge in [-0.2, -0.15) is 0 Å². The summed E-state index contributed by atoms with van der Waals surface area (Å²) in [7, 11) is 0. The Kier molecular flexibility index (Phi) is 3.17. The van der Waals surface area contributed by atoms with Crippen LogP contribution in [0, 0.1) is 5.41 Å². The van der Waals surface area contributed by atoms with E-state index in [1.165, 1.54) is 0 Å². The highest BCUT2D eigenvalue weighted by atomic mass is 16.3. The quantitative estimate of drug-likeness (QED) is 0.600. The lowest BCUT2D eigenvalue weighted by Gasteiger charge is -2.49. The molecule has 0 bridgehead atoms. The predicted octanol–water partition coefficient (Wildman–Crippen LogP) is -0.000700. The van der Waals surface area contributed by atoms with Gasteiger partial charge in [0, 0.05) is 11.5 Å². The SMILES string of the molecule is CCC(N)C(=O)NC1CC(O)C1(C)C. The van der Waals surface area contributed by atoms with Crippen molar-refractivity contribution in [3.8, 4) is 0 Å². The third-order valence-electron chi connectivity index (χ3n) is 3.31. The van der Waals surface area contributed by atoms with Crippen molar-refractivity contribution in [1.29, 1.82) is 0 Å². The van der Waals surface area contributed by atoms with Crippen LogP contribution in [0.25, 0.3) is 0 Å². The first-order valence-corrected chi connectivity index (χ1v) is 5.13. The van der Waals surface area contributed by atoms with Crippen LogP contribution < -0.4 is 11.1 Å². The third kappa shape index (κ3) is 1.91. The molecule has 1 saturated carbocycles. The van der Waals surface area contributed by atoms with Gasteiger partial charge in [-0.05, 0) is 12.8 Å². The Labute approximate surface area is 84.9 Å². The van der Waals surface area contributed by atoms with Crippen LogP contribution in [0.2, 0.25) is 0 Å². The molecule has 3 unspecified atom stereocenters. The molecule has 0 aromatic carbocycles. The zero-order valence-electron chi connectivity index (χ0n) is 9.08. The standard InChI is InChI=1S/C10H20N2O2/c1-4-6(11)9(14)12-7-5-8(13)10(7,2)3/h6-8,13H,4-5,11H2,1-3H3,(H,12,14). The van der Waals surface area contributed by atoms with Crippen molar-refractivity contribution in [1.82, 2.24) is 5.32 Å². The summed E-state index contributed by atoms with van der Waals surface area (Å²) in [6, 6.07) is -0.369. The smallest absolute Gasteiger partial charge is 0.237 e. The van der Waals surface area contributed by atoms with Gasteiger partial charge in [0.05, 0.1) is 12.1 Å². The van der Waals surface area contributed by atoms with Gasteiger partial charge in [-0.3, -0.25) is 4.79 Å². The van der Waals surface area contributed by atoms with Crippen molar-refractivity contribution in [2.75, 3.05) is 0 Å². The number of hydrogen-bond acceptors (Lipinski definition) is 3. The molecule has 82 valence electrons. The van der Waals surface area contributed by atoms with E-state index >= 15 is 0 Å². The Balaban J connectivity index is 2.44. The molecule has 4 heteroatoms. The largest absolute Gasteiger partial charge is 0.392 e. The highest BCUT2D eigenvalue weighted by Crippen LogP contribution is 2.40. The molecular weight excluding hydrogens is 180 g/mol. The first-order valence-electron chi connectivity index (χ1n) is 5.13. The van der Waals surface area contributed by atoms with Gasteiger partial charge in [-0.15, -0.1) is 0 Å². The molecule has 0 saturated heterocycles. The number of carbonyl (C=O) groups is 1. The van der Waals surface area contributed by atoms with Crippen molar-refractivity contribution in [3.63, 3.8) is 0 Å². The van der Waals surface area contributed by atoms with E-state index in [4.69, 9.17) is 5.73 Å². The lowest BCUT2D eigenvalue weighted by atomic mass is 9.64. The van der Waals surface area contributed by atoms with Gasteiger partial charge in [0.15, 0.2) is 0 Å². The van der Waals surface area contributed by atoms with Gasteiger partial charge >= 0.3 is 0 Å². The Hall–Kier alpha value is -0.610. The second kappa shape index (κ2) is 3.87. The lowest BCUT2D eigenvalue weighted by Crippen LogP contribution is -2.62. The minimum atomic E-state index is -0.427. The monoisotopic (exact) mass is 200 g/mol. The van der Waals surface area contributed by atoms with Gasteiger partial charge in [0.1, 0.15) is 0 Å². The van der Waals surface area contributed by atoms with E-state index in [0.29, 0.717) is 12.8 Å². The molecule has 0 spiro atoms. The molecule has 0 aromatic heterocycles. The van der Waals surface area contributed by atoms with Gasteiger partial charge in [0.2, 0.25) is 5.91 Å². The van der Waals surface area contributed by atoms with E-state index in [0.717, 1.165) is 0 Å². The first kappa shape index (κ1) is 11.5. The number of aliphatic hydroxyl groups is 1. The Morgan fingerprint density at radius 1 is 1.71 bits per heavy atom. The number of hydrogen-bond donors (Lipinski definition) is 3. The molecule has 4 nitrogen and oxygen atoms in total. The van der Waals surface area contributed by atoms with Crippen LogP contribution in [0.5, 0.6) is 0 Å². The fourth-order valence-electron chi connectivity index (χ4n) is 1.61. The second-order valence-corrected chi connectivity index (χ2v) is 4.65. The van der Waals surface area contributed by atoms with E-state index in [-0.39, 0.29) is 23.5 Å². The summed E-state index contributed by atoms with van der Waals surface area (Å²) in [6.45, 7) is 5.78. The van der Waals surface area contributed by atoms with Crippen LogP contribution in [0.1, 0.15) is 33.6 Å². The molecular formula is C10H20N2O2. The zero-order chi connectivity index (χ0) is 10.9. The molecule has 1 fully saturated rings. The summed E-state index contributed by atoms with van der Waals surface area (Å²) in [5.74, 6) is -0.113. The molecule has 1 aliphatic rings. The van der Waals surface area contributed by atoms with Gasteiger partial charge < -0.3 is 16.2 Å². The Bertz CT molecular complexity index is 228. The van der Waals surface area contributed by atoms with Crippen molar-refractivity contribution < 1.29 is 9.90 Å². The molecule has 0 aliphatic heterocycles. The number of nitrogens with two attached hydrogens (primary N) is 1. The van der Waals surface area contributed by atoms with Crippen molar-refractivity contribution in [3.05, 3.63) is 0 Å². The maximum Gasteiger partial charge on any atom is 0.237 e. The van der Waals surface area contributed by atoms with Gasteiger partial charge in [0.25, 0.3) is 0 Å². The number of amides is 1. The van der Waals surface area contributed by atoms with Gasteiger partial charge in [-0.1, -0.05) is 20.8 Å². The maximum absolute atomic E-state index is 11.5. The Morgan fingerprint density at radius 3 is 2.64 bits per heavy atom. The fourth-order valence-corrected chi connectivity index (χ4v) is 1.61. The zero-order valence-corrected chi connectivity index (χ0v) is 9.08. The van der Waals surface area contributed by atoms with Crippen molar-refractivity contribution >= 4 is 5.91 Å². The molecule has 0 aromatic rings. The molecule has 1 amide bonds. The summed E-state index contributed by atoms with van der Waals surface area (Å²) in [5, 5.41) is 12.3. The number of rotatable bonds is 3. The van der Waals surface area contributed by atoms with Crippen LogP contribution in [-0.2, 0) is 4.79 Å². The number of nitrogens with one attached hydrogen (secondary N) is 1. The summed E-state index contributed by atoms with van der Waals surface area (Å²) in [5.41, 5.74) is 5.37. The predicted molar refractivity (Wildman–Crippen MR) is 54.6 cm³/mol. The minimum absolute atomic E-state index is 0.0580. The number of aliphatic hydroxyl groups excluding tert-OH is 1. The third-order valence-corrected chi connectivity index (χ3v) is 3.31. The van der Waals surface area contributed by atoms with E-state index < -0.39 is 6.04 Å². The highest BCUT2D eigenvalue weighted by Gasteiger charge is 2.48. The second-order valence-electron chi connectivity index (χ2n) is 4.65. The molecule has 0 heterocycles. The van der Waals surface area contributed by atoms with Gasteiger partial charge in [-0.25, -0.2) is 0 Å². The van der Waals surface area contributed by atoms with Crippen LogP contribution in [0.15, 0.2) is 0 Å².